The number of aromatic nitrogens is 3. The molecule has 118 valence electrons. The van der Waals surface area contributed by atoms with Crippen LogP contribution >= 0.6 is 0 Å². The van der Waals surface area contributed by atoms with Gasteiger partial charge in [-0.25, -0.2) is 9.50 Å². The lowest BCUT2D eigenvalue weighted by atomic mass is 9.95. The summed E-state index contributed by atoms with van der Waals surface area (Å²) in [5.74, 6) is 0.648. The van der Waals surface area contributed by atoms with Crippen molar-refractivity contribution in [3.05, 3.63) is 65.1 Å². The number of nitrogens with zero attached hydrogens (tertiary/aromatic N) is 4. The second-order valence-corrected chi connectivity index (χ2v) is 6.74. The third kappa shape index (κ3) is 2.99. The van der Waals surface area contributed by atoms with E-state index >= 15 is 0 Å². The second-order valence-electron chi connectivity index (χ2n) is 6.74. The number of benzene rings is 1. The average Bonchev–Trinajstić information content (AvgIpc) is 3.14. The Balaban J connectivity index is 1.47. The van der Waals surface area contributed by atoms with E-state index in [4.69, 9.17) is 0 Å². The van der Waals surface area contributed by atoms with Crippen LogP contribution < -0.4 is 0 Å². The van der Waals surface area contributed by atoms with E-state index in [0.717, 1.165) is 25.3 Å². The number of rotatable bonds is 3. The van der Waals surface area contributed by atoms with Crippen LogP contribution in [-0.2, 0) is 6.54 Å². The molecule has 1 saturated heterocycles. The van der Waals surface area contributed by atoms with Crippen LogP contribution in [0.5, 0.6) is 0 Å². The van der Waals surface area contributed by atoms with Crippen LogP contribution in [0.3, 0.4) is 0 Å². The van der Waals surface area contributed by atoms with Gasteiger partial charge in [0.1, 0.15) is 0 Å². The van der Waals surface area contributed by atoms with E-state index in [2.05, 4.69) is 53.2 Å². The second kappa shape index (κ2) is 5.78. The number of likely N-dealkylation sites (tertiary alicyclic amines) is 1. The molecule has 4 nitrogen and oxygen atoms in total. The van der Waals surface area contributed by atoms with Crippen LogP contribution in [-0.4, -0.2) is 32.6 Å². The van der Waals surface area contributed by atoms with Crippen LogP contribution in [0.15, 0.2) is 42.9 Å². The van der Waals surface area contributed by atoms with Crippen molar-refractivity contribution in [2.75, 3.05) is 13.1 Å². The fourth-order valence-corrected chi connectivity index (χ4v) is 3.68. The van der Waals surface area contributed by atoms with Crippen molar-refractivity contribution in [1.82, 2.24) is 19.5 Å². The van der Waals surface area contributed by atoms with E-state index in [1.165, 1.54) is 28.7 Å². The van der Waals surface area contributed by atoms with Crippen LogP contribution in [0.25, 0.3) is 5.65 Å². The molecule has 0 radical (unpaired) electrons. The Labute approximate surface area is 136 Å². The van der Waals surface area contributed by atoms with E-state index in [0.29, 0.717) is 5.92 Å². The first-order valence-electron chi connectivity index (χ1n) is 8.26. The molecule has 3 aromatic rings. The monoisotopic (exact) mass is 306 g/mol. The summed E-state index contributed by atoms with van der Waals surface area (Å²) in [4.78, 5) is 6.98. The van der Waals surface area contributed by atoms with Crippen molar-refractivity contribution in [3.8, 4) is 0 Å². The molecule has 1 unspecified atom stereocenters. The lowest BCUT2D eigenvalue weighted by Crippen LogP contribution is -2.20. The first-order valence-corrected chi connectivity index (χ1v) is 8.26. The Morgan fingerprint density at radius 2 is 2.00 bits per heavy atom. The van der Waals surface area contributed by atoms with Gasteiger partial charge in [-0.05, 0) is 38.3 Å². The Bertz CT molecular complexity index is 816. The highest BCUT2D eigenvalue weighted by Crippen LogP contribution is 2.29. The maximum absolute atomic E-state index is 4.46. The molecule has 4 heteroatoms. The summed E-state index contributed by atoms with van der Waals surface area (Å²) in [5.41, 5.74) is 6.36. The standard InChI is InChI=1S/C19H22N4/c1-14-7-15(2)9-18(8-14)17-4-6-22(13-17)11-16-10-20-19-3-5-21-23(19)12-16/h3,5,7-10,12,17H,4,6,11,13H2,1-2H3. The molecule has 0 aliphatic carbocycles. The minimum absolute atomic E-state index is 0.648. The summed E-state index contributed by atoms with van der Waals surface area (Å²) in [6.07, 6.45) is 7.09. The highest BCUT2D eigenvalue weighted by Gasteiger charge is 2.24. The lowest BCUT2D eigenvalue weighted by molar-refractivity contribution is 0.326. The molecule has 23 heavy (non-hydrogen) atoms. The minimum Gasteiger partial charge on any atom is -0.298 e. The van der Waals surface area contributed by atoms with E-state index in [-0.39, 0.29) is 0 Å². The molecule has 0 bridgehead atoms. The Morgan fingerprint density at radius 1 is 1.17 bits per heavy atom. The summed E-state index contributed by atoms with van der Waals surface area (Å²) in [6.45, 7) is 7.60. The summed E-state index contributed by atoms with van der Waals surface area (Å²) in [6, 6.07) is 8.87. The van der Waals surface area contributed by atoms with Crippen molar-refractivity contribution in [3.63, 3.8) is 0 Å². The summed E-state index contributed by atoms with van der Waals surface area (Å²) in [5, 5.41) is 4.27. The molecular formula is C19H22N4. The quantitative estimate of drug-likeness (QED) is 0.744. The highest BCUT2D eigenvalue weighted by molar-refractivity contribution is 5.36. The van der Waals surface area contributed by atoms with Crippen molar-refractivity contribution < 1.29 is 0 Å². The molecule has 2 aromatic heterocycles. The van der Waals surface area contributed by atoms with Gasteiger partial charge in [-0.1, -0.05) is 29.3 Å². The molecule has 0 spiro atoms. The van der Waals surface area contributed by atoms with Gasteiger partial charge in [-0.15, -0.1) is 0 Å². The molecule has 1 atom stereocenters. The number of hydrogen-bond acceptors (Lipinski definition) is 3. The number of fused-ring (bicyclic) bond motifs is 1. The molecule has 1 fully saturated rings. The zero-order valence-electron chi connectivity index (χ0n) is 13.7. The van der Waals surface area contributed by atoms with E-state index < -0.39 is 0 Å². The predicted octanol–water partition coefficient (Wildman–Crippen LogP) is 3.34. The first kappa shape index (κ1) is 14.4. The maximum Gasteiger partial charge on any atom is 0.154 e. The SMILES string of the molecule is Cc1cc(C)cc(C2CCN(Cc3cnc4ccnn4c3)C2)c1. The van der Waals surface area contributed by atoms with Gasteiger partial charge in [0.15, 0.2) is 5.65 Å². The molecule has 0 amide bonds. The van der Waals surface area contributed by atoms with Gasteiger partial charge >= 0.3 is 0 Å². The lowest BCUT2D eigenvalue weighted by Gasteiger charge is -2.16. The fraction of sp³-hybridized carbons (Fsp3) is 0.368. The van der Waals surface area contributed by atoms with Gasteiger partial charge in [0.05, 0.1) is 6.20 Å². The molecule has 0 saturated carbocycles. The fourth-order valence-electron chi connectivity index (χ4n) is 3.68. The highest BCUT2D eigenvalue weighted by atomic mass is 15.2. The van der Waals surface area contributed by atoms with Gasteiger partial charge in [-0.2, -0.15) is 5.10 Å². The van der Waals surface area contributed by atoms with Gasteiger partial charge in [0, 0.05) is 37.1 Å². The largest absolute Gasteiger partial charge is 0.298 e. The normalized spacial score (nSPS) is 18.8. The minimum atomic E-state index is 0.648. The topological polar surface area (TPSA) is 33.4 Å². The molecule has 1 aromatic carbocycles. The van der Waals surface area contributed by atoms with Crippen molar-refractivity contribution in [2.45, 2.75) is 32.7 Å². The molecule has 1 aliphatic rings. The number of aryl methyl sites for hydroxylation is 2. The van der Waals surface area contributed by atoms with E-state index in [9.17, 15) is 0 Å². The van der Waals surface area contributed by atoms with E-state index in [1.807, 2.05) is 16.8 Å². The van der Waals surface area contributed by atoms with Crippen LogP contribution in [0.1, 0.15) is 34.6 Å². The summed E-state index contributed by atoms with van der Waals surface area (Å²) >= 11 is 0. The Morgan fingerprint density at radius 3 is 2.83 bits per heavy atom. The maximum atomic E-state index is 4.46. The third-order valence-corrected chi connectivity index (χ3v) is 4.69. The van der Waals surface area contributed by atoms with Gasteiger partial charge in [-0.3, -0.25) is 4.90 Å². The summed E-state index contributed by atoms with van der Waals surface area (Å²) < 4.78 is 1.85. The van der Waals surface area contributed by atoms with Crippen LogP contribution in [0.4, 0.5) is 0 Å². The third-order valence-electron chi connectivity index (χ3n) is 4.69. The predicted molar refractivity (Wildman–Crippen MR) is 91.5 cm³/mol. The zero-order valence-corrected chi connectivity index (χ0v) is 13.7. The number of hydrogen-bond donors (Lipinski definition) is 0. The molecule has 4 rings (SSSR count). The van der Waals surface area contributed by atoms with Crippen molar-refractivity contribution in [1.29, 1.82) is 0 Å². The average molecular weight is 306 g/mol. The summed E-state index contributed by atoms with van der Waals surface area (Å²) in [7, 11) is 0. The van der Waals surface area contributed by atoms with Gasteiger partial charge in [0.25, 0.3) is 0 Å². The Kier molecular flexibility index (Phi) is 3.62. The van der Waals surface area contributed by atoms with Crippen LogP contribution in [0, 0.1) is 13.8 Å². The van der Waals surface area contributed by atoms with E-state index in [1.54, 1.807) is 6.20 Å². The van der Waals surface area contributed by atoms with Crippen molar-refractivity contribution in [2.24, 2.45) is 0 Å². The smallest absolute Gasteiger partial charge is 0.154 e. The zero-order chi connectivity index (χ0) is 15.8. The molecule has 3 heterocycles. The first-order chi connectivity index (χ1) is 11.2. The van der Waals surface area contributed by atoms with Gasteiger partial charge in [0.2, 0.25) is 0 Å². The molecule has 1 aliphatic heterocycles. The van der Waals surface area contributed by atoms with Crippen LogP contribution in [0.2, 0.25) is 0 Å². The van der Waals surface area contributed by atoms with Crippen molar-refractivity contribution >= 4 is 5.65 Å². The Hall–Kier alpha value is -2.20. The van der Waals surface area contributed by atoms with Gasteiger partial charge < -0.3 is 0 Å². The molecular weight excluding hydrogens is 284 g/mol. The molecule has 0 N–H and O–H groups in total.